The standard InChI is InChI=1S/4C4H11N.Hf/c4*1-3-5-4-2;/h4*5H,3-4H2,1-2H3;/q;;;;+4. The van der Waals surface area contributed by atoms with Gasteiger partial charge in [0.05, 0.1) is 0 Å². The van der Waals surface area contributed by atoms with Crippen molar-refractivity contribution in [1.82, 2.24) is 21.3 Å². The molecule has 0 amide bonds. The predicted molar refractivity (Wildman–Crippen MR) is 96.9 cm³/mol. The number of nitrogens with one attached hydrogen (secondary N) is 4. The van der Waals surface area contributed by atoms with Gasteiger partial charge in [0, 0.05) is 0 Å². The molecule has 128 valence electrons. The van der Waals surface area contributed by atoms with Gasteiger partial charge >= 0.3 is 25.8 Å². The third kappa shape index (κ3) is 95.6. The monoisotopic (exact) mass is 472 g/mol. The number of rotatable bonds is 8. The average molecular weight is 471 g/mol. The van der Waals surface area contributed by atoms with E-state index < -0.39 is 0 Å². The minimum Gasteiger partial charge on any atom is -0.317 e. The van der Waals surface area contributed by atoms with Gasteiger partial charge in [0.15, 0.2) is 0 Å². The zero-order valence-corrected chi connectivity index (χ0v) is 19.7. The Labute approximate surface area is 154 Å². The zero-order chi connectivity index (χ0) is 16.5. The van der Waals surface area contributed by atoms with Gasteiger partial charge in [-0.2, -0.15) is 0 Å². The van der Waals surface area contributed by atoms with Gasteiger partial charge in [-0.15, -0.1) is 0 Å². The Balaban J connectivity index is -0.0000000533. The summed E-state index contributed by atoms with van der Waals surface area (Å²) < 4.78 is 0. The SMILES string of the molecule is CCNCC.CCNCC.CCNCC.CCNCC.[Hf+4]. The third-order valence-corrected chi connectivity index (χ3v) is 2.00. The van der Waals surface area contributed by atoms with E-state index in [1.165, 1.54) is 0 Å². The molecule has 0 aromatic carbocycles. The molecule has 0 rings (SSSR count). The van der Waals surface area contributed by atoms with Gasteiger partial charge in [0.1, 0.15) is 0 Å². The fourth-order valence-corrected chi connectivity index (χ4v) is 1.000. The molecule has 0 aliphatic heterocycles. The van der Waals surface area contributed by atoms with E-state index >= 15 is 0 Å². The van der Waals surface area contributed by atoms with E-state index in [0.29, 0.717) is 0 Å². The van der Waals surface area contributed by atoms with Crippen LogP contribution in [0.5, 0.6) is 0 Å². The van der Waals surface area contributed by atoms with Gasteiger partial charge in [-0.3, -0.25) is 0 Å². The number of hydrogen-bond donors (Lipinski definition) is 4. The van der Waals surface area contributed by atoms with Crippen molar-refractivity contribution in [2.24, 2.45) is 0 Å². The van der Waals surface area contributed by atoms with E-state index in [0.717, 1.165) is 52.4 Å². The van der Waals surface area contributed by atoms with E-state index in [-0.39, 0.29) is 25.8 Å². The first-order chi connectivity index (χ1) is 9.66. The second-order valence-electron chi connectivity index (χ2n) is 3.83. The Bertz CT molecular complexity index is 74.3. The Morgan fingerprint density at radius 3 is 0.429 bits per heavy atom. The molecule has 0 radical (unpaired) electrons. The maximum absolute atomic E-state index is 3.11. The Kier molecular flexibility index (Phi) is 79.1. The van der Waals surface area contributed by atoms with Crippen molar-refractivity contribution < 1.29 is 25.8 Å². The summed E-state index contributed by atoms with van der Waals surface area (Å²) in [4.78, 5) is 0. The van der Waals surface area contributed by atoms with Gasteiger partial charge in [0.2, 0.25) is 0 Å². The van der Waals surface area contributed by atoms with Crippen LogP contribution in [0.3, 0.4) is 0 Å². The van der Waals surface area contributed by atoms with Gasteiger partial charge in [-0.1, -0.05) is 55.4 Å². The van der Waals surface area contributed by atoms with Gasteiger partial charge in [-0.25, -0.2) is 0 Å². The summed E-state index contributed by atoms with van der Waals surface area (Å²) in [6.45, 7) is 25.6. The minimum absolute atomic E-state index is 0. The molecular formula is C16H44HfN4+4. The summed E-state index contributed by atoms with van der Waals surface area (Å²) >= 11 is 0. The first kappa shape index (κ1) is 33.3. The molecule has 21 heavy (non-hydrogen) atoms. The third-order valence-electron chi connectivity index (χ3n) is 2.00. The van der Waals surface area contributed by atoms with Crippen molar-refractivity contribution in [3.63, 3.8) is 0 Å². The Morgan fingerprint density at radius 1 is 0.333 bits per heavy atom. The molecule has 0 unspecified atom stereocenters. The van der Waals surface area contributed by atoms with Crippen molar-refractivity contribution >= 4 is 0 Å². The molecule has 0 aromatic heterocycles. The fourth-order valence-electron chi connectivity index (χ4n) is 1.000. The quantitative estimate of drug-likeness (QED) is 0.412. The van der Waals surface area contributed by atoms with Crippen LogP contribution in [0.25, 0.3) is 0 Å². The first-order valence-electron chi connectivity index (χ1n) is 8.49. The molecule has 0 aromatic rings. The van der Waals surface area contributed by atoms with E-state index in [1.54, 1.807) is 0 Å². The van der Waals surface area contributed by atoms with Crippen LogP contribution in [0.2, 0.25) is 0 Å². The molecule has 0 spiro atoms. The maximum atomic E-state index is 3.11. The average Bonchev–Trinajstić information content (AvgIpc) is 2.44. The molecule has 4 nitrogen and oxygen atoms in total. The maximum Gasteiger partial charge on any atom is 4.00 e. The summed E-state index contributed by atoms with van der Waals surface area (Å²) in [7, 11) is 0. The molecule has 0 aliphatic carbocycles. The van der Waals surface area contributed by atoms with E-state index in [2.05, 4.69) is 76.7 Å². The molecule has 4 N–H and O–H groups in total. The molecule has 0 aliphatic rings. The van der Waals surface area contributed by atoms with E-state index in [1.807, 2.05) is 0 Å². The molecule has 0 atom stereocenters. The van der Waals surface area contributed by atoms with Crippen LogP contribution in [0.1, 0.15) is 55.4 Å². The van der Waals surface area contributed by atoms with Gasteiger partial charge in [0.25, 0.3) is 0 Å². The van der Waals surface area contributed by atoms with Crippen molar-refractivity contribution in [3.8, 4) is 0 Å². The van der Waals surface area contributed by atoms with Crippen LogP contribution in [-0.4, -0.2) is 52.4 Å². The summed E-state index contributed by atoms with van der Waals surface area (Å²) in [5.74, 6) is 0. The summed E-state index contributed by atoms with van der Waals surface area (Å²) in [5.41, 5.74) is 0. The molecule has 0 heterocycles. The topological polar surface area (TPSA) is 48.1 Å². The molecule has 5 heteroatoms. The van der Waals surface area contributed by atoms with Crippen molar-refractivity contribution in [1.29, 1.82) is 0 Å². The van der Waals surface area contributed by atoms with Gasteiger partial charge < -0.3 is 21.3 Å². The Morgan fingerprint density at radius 2 is 0.429 bits per heavy atom. The summed E-state index contributed by atoms with van der Waals surface area (Å²) in [5, 5.41) is 12.4. The molecule has 0 saturated carbocycles. The largest absolute Gasteiger partial charge is 4.00 e. The second-order valence-corrected chi connectivity index (χ2v) is 3.83. The summed E-state index contributed by atoms with van der Waals surface area (Å²) in [6, 6.07) is 0. The van der Waals surface area contributed by atoms with Crippen LogP contribution >= 0.6 is 0 Å². The predicted octanol–water partition coefficient (Wildman–Crippen LogP) is 2.46. The smallest absolute Gasteiger partial charge is 0.317 e. The van der Waals surface area contributed by atoms with Crippen LogP contribution in [0.4, 0.5) is 0 Å². The number of hydrogen-bond acceptors (Lipinski definition) is 4. The Hall–Kier alpha value is 0.710. The van der Waals surface area contributed by atoms with Crippen molar-refractivity contribution in [3.05, 3.63) is 0 Å². The van der Waals surface area contributed by atoms with E-state index in [9.17, 15) is 0 Å². The van der Waals surface area contributed by atoms with Crippen LogP contribution in [0.15, 0.2) is 0 Å². The normalized spacial score (nSPS) is 8.00. The molecule has 0 bridgehead atoms. The van der Waals surface area contributed by atoms with Crippen LogP contribution in [-0.2, 0) is 25.8 Å². The first-order valence-corrected chi connectivity index (χ1v) is 8.49. The molecule has 0 fully saturated rings. The molecule has 0 saturated heterocycles. The summed E-state index contributed by atoms with van der Waals surface area (Å²) in [6.07, 6.45) is 0. The zero-order valence-electron chi connectivity index (χ0n) is 16.2. The van der Waals surface area contributed by atoms with Crippen LogP contribution < -0.4 is 21.3 Å². The fraction of sp³-hybridized carbons (Fsp3) is 1.00. The van der Waals surface area contributed by atoms with Crippen molar-refractivity contribution in [2.45, 2.75) is 55.4 Å². The van der Waals surface area contributed by atoms with Gasteiger partial charge in [-0.05, 0) is 52.4 Å². The molecular weight excluding hydrogens is 427 g/mol. The van der Waals surface area contributed by atoms with Crippen molar-refractivity contribution in [2.75, 3.05) is 52.4 Å². The van der Waals surface area contributed by atoms with E-state index in [4.69, 9.17) is 0 Å². The second kappa shape index (κ2) is 49.8. The minimum atomic E-state index is 0. The van der Waals surface area contributed by atoms with Crippen LogP contribution in [0, 0.1) is 0 Å².